The van der Waals surface area contributed by atoms with Crippen LogP contribution in [0.2, 0.25) is 0 Å². The Morgan fingerprint density at radius 1 is 1.40 bits per heavy atom. The molecule has 0 aromatic heterocycles. The van der Waals surface area contributed by atoms with E-state index in [1.165, 1.54) is 16.7 Å². The van der Waals surface area contributed by atoms with Gasteiger partial charge in [0.25, 0.3) is 0 Å². The lowest BCUT2D eigenvalue weighted by molar-refractivity contribution is 1.24. The molecular weight excluding hydrogens is 120 g/mol. The van der Waals surface area contributed by atoms with Gasteiger partial charge in [-0.05, 0) is 42.2 Å². The summed E-state index contributed by atoms with van der Waals surface area (Å²) < 4.78 is 0. The molecule has 0 spiro atoms. The van der Waals surface area contributed by atoms with E-state index in [0.29, 0.717) is 0 Å². The fraction of sp³-hybridized carbons (Fsp3) is 0.200. The first-order valence-corrected chi connectivity index (χ1v) is 3.54. The van der Waals surface area contributed by atoms with Crippen molar-refractivity contribution in [2.45, 2.75) is 13.3 Å². The summed E-state index contributed by atoms with van der Waals surface area (Å²) >= 11 is 0. The van der Waals surface area contributed by atoms with Crippen molar-refractivity contribution in [3.63, 3.8) is 0 Å². The van der Waals surface area contributed by atoms with E-state index in [0.717, 1.165) is 6.42 Å². The molecule has 0 amide bonds. The molecule has 0 atom stereocenters. The Hall–Kier alpha value is -1.04. The van der Waals surface area contributed by atoms with Crippen molar-refractivity contribution in [1.82, 2.24) is 0 Å². The van der Waals surface area contributed by atoms with Crippen molar-refractivity contribution in [1.29, 1.82) is 0 Å². The maximum Gasteiger partial charge on any atom is -0.00855 e. The van der Waals surface area contributed by atoms with Gasteiger partial charge in [-0.15, -0.1) is 0 Å². The zero-order chi connectivity index (χ0) is 6.97. The first-order valence-electron chi connectivity index (χ1n) is 3.54. The Kier molecular flexibility index (Phi) is 1.13. The van der Waals surface area contributed by atoms with Crippen LogP contribution in [0.25, 0.3) is 6.08 Å². The van der Waals surface area contributed by atoms with Crippen molar-refractivity contribution < 1.29 is 0 Å². The minimum atomic E-state index is 1.11. The van der Waals surface area contributed by atoms with Crippen LogP contribution >= 0.6 is 0 Å². The van der Waals surface area contributed by atoms with E-state index in [1.54, 1.807) is 0 Å². The summed E-state index contributed by atoms with van der Waals surface area (Å²) in [4.78, 5) is 0. The quantitative estimate of drug-likeness (QED) is 0.504. The number of rotatable bonds is 0. The molecular formula is C10H9. The molecule has 1 aromatic carbocycles. The first kappa shape index (κ1) is 5.72. The number of fused-ring (bicyclic) bond motifs is 1. The highest BCUT2D eigenvalue weighted by atomic mass is 14.1. The number of hydrogen-bond donors (Lipinski definition) is 0. The van der Waals surface area contributed by atoms with Gasteiger partial charge in [-0.3, -0.25) is 0 Å². The number of aryl methyl sites for hydroxylation is 1. The SMILES string of the molecule is Cc1c[c]cc2c1CC=C2. The fourth-order valence-corrected chi connectivity index (χ4v) is 1.39. The average molecular weight is 129 g/mol. The van der Waals surface area contributed by atoms with Gasteiger partial charge < -0.3 is 0 Å². The Balaban J connectivity index is 2.66. The van der Waals surface area contributed by atoms with Crippen LogP contribution < -0.4 is 0 Å². The van der Waals surface area contributed by atoms with Crippen molar-refractivity contribution in [2.75, 3.05) is 0 Å². The van der Waals surface area contributed by atoms with Crippen LogP contribution in [0.5, 0.6) is 0 Å². The van der Waals surface area contributed by atoms with Crippen LogP contribution in [0.15, 0.2) is 18.2 Å². The van der Waals surface area contributed by atoms with Crippen LogP contribution in [-0.2, 0) is 6.42 Å². The Labute approximate surface area is 61.2 Å². The highest BCUT2D eigenvalue weighted by Gasteiger charge is 2.05. The van der Waals surface area contributed by atoms with Crippen molar-refractivity contribution in [3.05, 3.63) is 41.0 Å². The van der Waals surface area contributed by atoms with Gasteiger partial charge in [0.1, 0.15) is 0 Å². The predicted octanol–water partition coefficient (Wildman–Crippen LogP) is 2.36. The summed E-state index contributed by atoms with van der Waals surface area (Å²) in [6, 6.07) is 7.20. The van der Waals surface area contributed by atoms with E-state index in [9.17, 15) is 0 Å². The van der Waals surface area contributed by atoms with E-state index < -0.39 is 0 Å². The fourth-order valence-electron chi connectivity index (χ4n) is 1.39. The molecule has 1 aromatic rings. The Morgan fingerprint density at radius 2 is 2.30 bits per heavy atom. The molecule has 10 heavy (non-hydrogen) atoms. The minimum Gasteiger partial charge on any atom is -0.0795 e. The molecule has 0 unspecified atom stereocenters. The van der Waals surface area contributed by atoms with E-state index >= 15 is 0 Å². The molecule has 0 heteroatoms. The molecule has 0 fully saturated rings. The molecule has 0 nitrogen and oxygen atoms in total. The zero-order valence-corrected chi connectivity index (χ0v) is 6.02. The van der Waals surface area contributed by atoms with Crippen molar-refractivity contribution >= 4 is 6.08 Å². The van der Waals surface area contributed by atoms with Gasteiger partial charge in [-0.2, -0.15) is 0 Å². The van der Waals surface area contributed by atoms with E-state index in [4.69, 9.17) is 0 Å². The molecule has 0 aliphatic heterocycles. The Morgan fingerprint density at radius 3 is 3.10 bits per heavy atom. The summed E-state index contributed by atoms with van der Waals surface area (Å²) in [5.41, 5.74) is 4.18. The maximum atomic E-state index is 3.11. The smallest absolute Gasteiger partial charge is 0.00855 e. The highest BCUT2D eigenvalue weighted by molar-refractivity contribution is 5.61. The van der Waals surface area contributed by atoms with Gasteiger partial charge in [0.2, 0.25) is 0 Å². The summed E-state index contributed by atoms with van der Waals surface area (Å²) in [6.07, 6.45) is 5.47. The molecule has 0 heterocycles. The van der Waals surface area contributed by atoms with Crippen molar-refractivity contribution in [3.8, 4) is 0 Å². The zero-order valence-electron chi connectivity index (χ0n) is 6.02. The summed E-state index contributed by atoms with van der Waals surface area (Å²) in [5, 5.41) is 0. The summed E-state index contributed by atoms with van der Waals surface area (Å²) in [7, 11) is 0. The maximum absolute atomic E-state index is 3.11. The molecule has 2 rings (SSSR count). The lowest BCUT2D eigenvalue weighted by Gasteiger charge is -2.00. The second-order valence-electron chi connectivity index (χ2n) is 2.68. The highest BCUT2D eigenvalue weighted by Crippen LogP contribution is 2.21. The standard InChI is InChI=1S/C10H9/c1-8-4-2-5-9-6-3-7-10(8)9/h3-6H,7H2,1H3. The second-order valence-corrected chi connectivity index (χ2v) is 2.68. The third-order valence-electron chi connectivity index (χ3n) is 1.98. The molecule has 0 bridgehead atoms. The Bertz CT molecular complexity index is 282. The largest absolute Gasteiger partial charge is 0.0795 e. The van der Waals surface area contributed by atoms with Crippen LogP contribution in [0.3, 0.4) is 0 Å². The van der Waals surface area contributed by atoms with Gasteiger partial charge in [0.05, 0.1) is 0 Å². The first-order chi connectivity index (χ1) is 4.88. The normalized spacial score (nSPS) is 13.7. The van der Waals surface area contributed by atoms with Gasteiger partial charge in [0.15, 0.2) is 0 Å². The second kappa shape index (κ2) is 1.98. The third-order valence-corrected chi connectivity index (χ3v) is 1.98. The van der Waals surface area contributed by atoms with E-state index in [-0.39, 0.29) is 0 Å². The van der Waals surface area contributed by atoms with Crippen molar-refractivity contribution in [2.24, 2.45) is 0 Å². The monoisotopic (exact) mass is 129 g/mol. The molecule has 0 saturated carbocycles. The molecule has 0 saturated heterocycles. The van der Waals surface area contributed by atoms with Crippen LogP contribution in [0, 0.1) is 13.0 Å². The average Bonchev–Trinajstić information content (AvgIpc) is 2.36. The summed E-state index contributed by atoms with van der Waals surface area (Å²) in [5.74, 6) is 0. The van der Waals surface area contributed by atoms with Gasteiger partial charge in [-0.25, -0.2) is 0 Å². The number of allylic oxidation sites excluding steroid dienone is 1. The molecule has 49 valence electrons. The van der Waals surface area contributed by atoms with E-state index in [1.807, 2.05) is 12.1 Å². The predicted molar refractivity (Wildman–Crippen MR) is 42.8 cm³/mol. The number of hydrogen-bond acceptors (Lipinski definition) is 0. The molecule has 1 aliphatic rings. The molecule has 1 radical (unpaired) electrons. The summed E-state index contributed by atoms with van der Waals surface area (Å²) in [6.45, 7) is 2.14. The van der Waals surface area contributed by atoms with Gasteiger partial charge in [-0.1, -0.05) is 18.2 Å². The molecule has 1 aliphatic carbocycles. The lowest BCUT2D eigenvalue weighted by atomic mass is 10.0. The van der Waals surface area contributed by atoms with E-state index in [2.05, 4.69) is 25.1 Å². The van der Waals surface area contributed by atoms with Gasteiger partial charge in [0, 0.05) is 0 Å². The van der Waals surface area contributed by atoms with Crippen LogP contribution in [0.4, 0.5) is 0 Å². The third kappa shape index (κ3) is 0.688. The number of benzene rings is 1. The van der Waals surface area contributed by atoms with Crippen LogP contribution in [-0.4, -0.2) is 0 Å². The molecule has 0 N–H and O–H groups in total. The van der Waals surface area contributed by atoms with Crippen LogP contribution in [0.1, 0.15) is 16.7 Å². The minimum absolute atomic E-state index is 1.11. The topological polar surface area (TPSA) is 0 Å². The lowest BCUT2D eigenvalue weighted by Crippen LogP contribution is -1.85. The van der Waals surface area contributed by atoms with Gasteiger partial charge >= 0.3 is 0 Å².